The largest absolute Gasteiger partial charge is 0.345 e. The molecule has 5 heteroatoms. The van der Waals surface area contributed by atoms with Gasteiger partial charge < -0.3 is 10.2 Å². The summed E-state index contributed by atoms with van der Waals surface area (Å²) in [6.07, 6.45) is 0.988. The summed E-state index contributed by atoms with van der Waals surface area (Å²) in [5.74, 6) is -1.80. The molecule has 0 atom stereocenters. The lowest BCUT2D eigenvalue weighted by atomic mass is 9.71. The highest BCUT2D eigenvalue weighted by atomic mass is 19.3. The minimum atomic E-state index is -2.49. The zero-order chi connectivity index (χ0) is 15.0. The van der Waals surface area contributed by atoms with Crippen molar-refractivity contribution in [2.45, 2.75) is 45.5 Å². The van der Waals surface area contributed by atoms with E-state index in [1.54, 1.807) is 4.90 Å². The third-order valence-corrected chi connectivity index (χ3v) is 5.13. The topological polar surface area (TPSA) is 32.3 Å². The van der Waals surface area contributed by atoms with Crippen LogP contribution in [0.3, 0.4) is 0 Å². The van der Waals surface area contributed by atoms with Crippen LogP contribution in [-0.2, 0) is 4.79 Å². The summed E-state index contributed by atoms with van der Waals surface area (Å²) in [6, 6.07) is 0. The van der Waals surface area contributed by atoms with E-state index in [9.17, 15) is 13.6 Å². The molecule has 1 N–H and O–H groups in total. The summed E-state index contributed by atoms with van der Waals surface area (Å²) in [4.78, 5) is 14.4. The monoisotopic (exact) mass is 288 g/mol. The lowest BCUT2D eigenvalue weighted by molar-refractivity contribution is -0.148. The van der Waals surface area contributed by atoms with E-state index in [4.69, 9.17) is 0 Å². The maximum atomic E-state index is 13.1. The van der Waals surface area contributed by atoms with E-state index in [-0.39, 0.29) is 30.1 Å². The minimum Gasteiger partial charge on any atom is -0.345 e. The summed E-state index contributed by atoms with van der Waals surface area (Å²) >= 11 is 0. The highest BCUT2D eigenvalue weighted by Crippen LogP contribution is 2.38. The molecule has 3 nitrogen and oxygen atoms in total. The molecule has 20 heavy (non-hydrogen) atoms. The molecular formula is C15H26F2N2O. The van der Waals surface area contributed by atoms with Crippen LogP contribution in [0.5, 0.6) is 0 Å². The number of nitrogens with one attached hydrogen (secondary N) is 1. The van der Waals surface area contributed by atoms with Gasteiger partial charge in [-0.05, 0) is 24.7 Å². The van der Waals surface area contributed by atoms with E-state index < -0.39 is 5.92 Å². The molecule has 1 amide bonds. The molecule has 0 aromatic carbocycles. The van der Waals surface area contributed by atoms with Crippen LogP contribution in [0.4, 0.5) is 8.78 Å². The molecule has 2 rings (SSSR count). The van der Waals surface area contributed by atoms with Gasteiger partial charge in [-0.3, -0.25) is 4.79 Å². The van der Waals surface area contributed by atoms with Crippen LogP contribution in [0, 0.1) is 17.3 Å². The Morgan fingerprint density at radius 1 is 1.30 bits per heavy atom. The van der Waals surface area contributed by atoms with E-state index >= 15 is 0 Å². The van der Waals surface area contributed by atoms with Crippen LogP contribution in [-0.4, -0.2) is 43.4 Å². The Bertz CT molecular complexity index is 357. The SMILES string of the molecule is CC(C)C1(C(=O)N(C)CC2CCC(F)(F)CC2)CNC1. The van der Waals surface area contributed by atoms with E-state index in [0.717, 1.165) is 13.1 Å². The number of carbonyl (C=O) groups excluding carboxylic acids is 1. The van der Waals surface area contributed by atoms with Crippen molar-refractivity contribution in [2.75, 3.05) is 26.7 Å². The fraction of sp³-hybridized carbons (Fsp3) is 0.933. The summed E-state index contributed by atoms with van der Waals surface area (Å²) in [6.45, 7) is 6.23. The molecule has 1 heterocycles. The van der Waals surface area contributed by atoms with E-state index in [1.165, 1.54) is 0 Å². The van der Waals surface area contributed by atoms with Gasteiger partial charge in [-0.1, -0.05) is 13.8 Å². The molecule has 0 unspecified atom stereocenters. The molecule has 0 aromatic heterocycles. The van der Waals surface area contributed by atoms with Gasteiger partial charge in [-0.25, -0.2) is 8.78 Å². The Morgan fingerprint density at radius 3 is 2.25 bits per heavy atom. The first-order valence-electron chi connectivity index (χ1n) is 7.61. The number of hydrogen-bond acceptors (Lipinski definition) is 2. The first kappa shape index (κ1) is 15.7. The molecule has 0 aromatic rings. The summed E-state index contributed by atoms with van der Waals surface area (Å²) in [5, 5.41) is 3.19. The van der Waals surface area contributed by atoms with Crippen LogP contribution in [0.15, 0.2) is 0 Å². The molecule has 1 saturated heterocycles. The smallest absolute Gasteiger partial charge is 0.248 e. The van der Waals surface area contributed by atoms with Gasteiger partial charge in [0.15, 0.2) is 0 Å². The predicted molar refractivity (Wildman–Crippen MR) is 74.7 cm³/mol. The minimum absolute atomic E-state index is 0.0312. The number of carbonyl (C=O) groups is 1. The third-order valence-electron chi connectivity index (χ3n) is 5.13. The van der Waals surface area contributed by atoms with E-state index in [0.29, 0.717) is 25.3 Å². The fourth-order valence-corrected chi connectivity index (χ4v) is 3.33. The second kappa shape index (κ2) is 5.58. The molecule has 2 fully saturated rings. The lowest BCUT2D eigenvalue weighted by Crippen LogP contribution is -2.64. The average Bonchev–Trinajstić information content (AvgIpc) is 2.29. The van der Waals surface area contributed by atoms with Gasteiger partial charge in [-0.15, -0.1) is 0 Å². The Balaban J connectivity index is 1.89. The molecule has 1 aliphatic heterocycles. The second-order valence-corrected chi connectivity index (χ2v) is 6.90. The zero-order valence-corrected chi connectivity index (χ0v) is 12.7. The van der Waals surface area contributed by atoms with Crippen LogP contribution < -0.4 is 5.32 Å². The Morgan fingerprint density at radius 2 is 1.85 bits per heavy atom. The number of nitrogens with zero attached hydrogens (tertiary/aromatic N) is 1. The molecular weight excluding hydrogens is 262 g/mol. The molecule has 0 bridgehead atoms. The third kappa shape index (κ3) is 2.97. The van der Waals surface area contributed by atoms with Crippen molar-refractivity contribution in [3.8, 4) is 0 Å². The highest BCUT2D eigenvalue weighted by molar-refractivity contribution is 5.84. The zero-order valence-electron chi connectivity index (χ0n) is 12.7. The van der Waals surface area contributed by atoms with Crippen molar-refractivity contribution in [3.05, 3.63) is 0 Å². The van der Waals surface area contributed by atoms with Gasteiger partial charge in [0, 0.05) is 39.5 Å². The van der Waals surface area contributed by atoms with Gasteiger partial charge in [-0.2, -0.15) is 0 Å². The number of rotatable bonds is 4. The summed E-state index contributed by atoms with van der Waals surface area (Å²) in [5.41, 5.74) is -0.284. The second-order valence-electron chi connectivity index (χ2n) is 6.90. The lowest BCUT2D eigenvalue weighted by Gasteiger charge is -2.47. The van der Waals surface area contributed by atoms with Gasteiger partial charge in [0.25, 0.3) is 0 Å². The quantitative estimate of drug-likeness (QED) is 0.862. The van der Waals surface area contributed by atoms with Crippen molar-refractivity contribution in [2.24, 2.45) is 17.3 Å². The average molecular weight is 288 g/mol. The molecule has 1 saturated carbocycles. The maximum Gasteiger partial charge on any atom is 0.248 e. The first-order chi connectivity index (χ1) is 9.27. The number of amides is 1. The van der Waals surface area contributed by atoms with E-state index in [2.05, 4.69) is 19.2 Å². The molecule has 2 aliphatic rings. The van der Waals surface area contributed by atoms with Crippen molar-refractivity contribution in [1.82, 2.24) is 10.2 Å². The normalized spacial score (nSPS) is 25.3. The number of alkyl halides is 2. The van der Waals surface area contributed by atoms with Crippen LogP contribution in [0.1, 0.15) is 39.5 Å². The van der Waals surface area contributed by atoms with Crippen molar-refractivity contribution in [3.63, 3.8) is 0 Å². The molecule has 0 spiro atoms. The standard InChI is InChI=1S/C15H26F2N2O/c1-11(2)14(9-18-10-14)13(20)19(3)8-12-4-6-15(16,17)7-5-12/h11-12,18H,4-10H2,1-3H3. The van der Waals surface area contributed by atoms with Gasteiger partial charge >= 0.3 is 0 Å². The van der Waals surface area contributed by atoms with Crippen molar-refractivity contribution in [1.29, 1.82) is 0 Å². The van der Waals surface area contributed by atoms with Crippen molar-refractivity contribution < 1.29 is 13.6 Å². The molecule has 116 valence electrons. The van der Waals surface area contributed by atoms with Gasteiger partial charge in [0.1, 0.15) is 0 Å². The predicted octanol–water partition coefficient (Wildman–Crippen LogP) is 2.52. The number of hydrogen-bond donors (Lipinski definition) is 1. The Hall–Kier alpha value is -0.710. The first-order valence-corrected chi connectivity index (χ1v) is 7.61. The Labute approximate surface area is 120 Å². The van der Waals surface area contributed by atoms with Crippen LogP contribution in [0.25, 0.3) is 0 Å². The molecule has 0 radical (unpaired) electrons. The molecule has 1 aliphatic carbocycles. The Kier molecular flexibility index (Phi) is 4.38. The summed E-state index contributed by atoms with van der Waals surface area (Å²) in [7, 11) is 1.82. The maximum absolute atomic E-state index is 13.1. The van der Waals surface area contributed by atoms with Gasteiger partial charge in [0.2, 0.25) is 11.8 Å². The fourth-order valence-electron chi connectivity index (χ4n) is 3.33. The van der Waals surface area contributed by atoms with Gasteiger partial charge in [0.05, 0.1) is 5.41 Å². The number of halogens is 2. The van der Waals surface area contributed by atoms with Crippen LogP contribution in [0.2, 0.25) is 0 Å². The van der Waals surface area contributed by atoms with Crippen LogP contribution >= 0.6 is 0 Å². The van der Waals surface area contributed by atoms with Crippen molar-refractivity contribution >= 4 is 5.91 Å². The highest BCUT2D eigenvalue weighted by Gasteiger charge is 2.48. The summed E-state index contributed by atoms with van der Waals surface area (Å²) < 4.78 is 26.3. The van der Waals surface area contributed by atoms with E-state index in [1.807, 2.05) is 7.05 Å².